The minimum Gasteiger partial charge on any atom is -0.345 e. The predicted molar refractivity (Wildman–Crippen MR) is 116 cm³/mol. The van der Waals surface area contributed by atoms with Crippen molar-refractivity contribution in [2.75, 3.05) is 4.31 Å². The van der Waals surface area contributed by atoms with E-state index < -0.39 is 10.2 Å². The molecule has 1 aromatic carbocycles. The van der Waals surface area contributed by atoms with Crippen molar-refractivity contribution in [3.8, 4) is 0 Å². The number of benzene rings is 1. The van der Waals surface area contributed by atoms with Crippen molar-refractivity contribution in [1.82, 2.24) is 9.55 Å². The van der Waals surface area contributed by atoms with E-state index in [0.29, 0.717) is 5.69 Å². The van der Waals surface area contributed by atoms with Crippen LogP contribution in [0.2, 0.25) is 0 Å². The summed E-state index contributed by atoms with van der Waals surface area (Å²) in [4.78, 5) is 4.71. The highest BCUT2D eigenvalue weighted by Gasteiger charge is 2.22. The van der Waals surface area contributed by atoms with Crippen molar-refractivity contribution in [2.45, 2.75) is 20.4 Å². The maximum atomic E-state index is 12.2. The number of nitrogens with two attached hydrogens (primary N) is 1. The van der Waals surface area contributed by atoms with Crippen LogP contribution in [0.15, 0.2) is 54.9 Å². The zero-order chi connectivity index (χ0) is 20.5. The lowest BCUT2D eigenvalue weighted by molar-refractivity contribution is 0.590. The zero-order valence-corrected chi connectivity index (χ0v) is 17.6. The second-order valence-corrected chi connectivity index (χ2v) is 8.56. The highest BCUT2D eigenvalue weighted by Crippen LogP contribution is 2.23. The maximum Gasteiger partial charge on any atom is 0.299 e. The van der Waals surface area contributed by atoms with Crippen molar-refractivity contribution in [3.05, 3.63) is 82.9 Å². The van der Waals surface area contributed by atoms with E-state index in [2.05, 4.69) is 4.98 Å². The third-order valence-electron chi connectivity index (χ3n) is 4.60. The molecule has 0 fully saturated rings. The lowest BCUT2D eigenvalue weighted by Crippen LogP contribution is -2.36. The molecular weight excluding hydrogens is 392 g/mol. The van der Waals surface area contributed by atoms with Gasteiger partial charge in [0.1, 0.15) is 0 Å². The molecule has 0 saturated heterocycles. The summed E-state index contributed by atoms with van der Waals surface area (Å²) in [5.41, 5.74) is 5.16. The van der Waals surface area contributed by atoms with Gasteiger partial charge in [0, 0.05) is 18.9 Å². The lowest BCUT2D eigenvalue weighted by Gasteiger charge is -2.22. The van der Waals surface area contributed by atoms with E-state index in [1.165, 1.54) is 6.20 Å². The molecule has 0 aliphatic carbocycles. The zero-order valence-electron chi connectivity index (χ0n) is 16.0. The van der Waals surface area contributed by atoms with E-state index in [1.54, 1.807) is 18.3 Å². The Kier molecular flexibility index (Phi) is 5.64. The predicted octanol–water partition coefficient (Wildman–Crippen LogP) is 3.01. The van der Waals surface area contributed by atoms with Gasteiger partial charge >= 0.3 is 0 Å². The molecule has 8 heteroatoms. The molecule has 2 N–H and O–H groups in total. The molecule has 146 valence electrons. The van der Waals surface area contributed by atoms with Crippen LogP contribution in [0.25, 0.3) is 0 Å². The first-order chi connectivity index (χ1) is 13.2. The van der Waals surface area contributed by atoms with Gasteiger partial charge in [-0.1, -0.05) is 42.0 Å². The second kappa shape index (κ2) is 7.83. The number of aromatic nitrogens is 2. The van der Waals surface area contributed by atoms with E-state index in [4.69, 9.17) is 17.4 Å². The van der Waals surface area contributed by atoms with Gasteiger partial charge in [0.15, 0.2) is 0 Å². The van der Waals surface area contributed by atoms with E-state index in [9.17, 15) is 8.42 Å². The highest BCUT2D eigenvalue weighted by atomic mass is 32.2. The molecule has 3 rings (SSSR count). The monoisotopic (exact) mass is 414 g/mol. The molecule has 2 aromatic heterocycles. The molecule has 0 saturated carbocycles. The van der Waals surface area contributed by atoms with Crippen LogP contribution in [0.3, 0.4) is 0 Å². The van der Waals surface area contributed by atoms with Gasteiger partial charge < -0.3 is 4.57 Å². The van der Waals surface area contributed by atoms with Crippen LogP contribution in [-0.4, -0.2) is 22.8 Å². The quantitative estimate of drug-likeness (QED) is 0.497. The summed E-state index contributed by atoms with van der Waals surface area (Å²) in [7, 11) is -2.09. The maximum absolute atomic E-state index is 12.2. The molecule has 3 aromatic rings. The first-order valence-corrected chi connectivity index (χ1v) is 10.6. The van der Waals surface area contributed by atoms with Crippen molar-refractivity contribution >= 4 is 33.0 Å². The molecule has 0 aliphatic rings. The van der Waals surface area contributed by atoms with Crippen LogP contribution in [0, 0.1) is 13.8 Å². The average molecular weight is 415 g/mol. The number of nitrogens with zero attached hydrogens (tertiary/aromatic N) is 3. The Morgan fingerprint density at radius 3 is 2.46 bits per heavy atom. The minimum absolute atomic E-state index is 0.0817. The van der Waals surface area contributed by atoms with Crippen LogP contribution in [0.1, 0.15) is 28.1 Å². The fraction of sp³-hybridized carbons (Fsp3) is 0.200. The largest absolute Gasteiger partial charge is 0.345 e. The summed E-state index contributed by atoms with van der Waals surface area (Å²) >= 11 is 5.71. The highest BCUT2D eigenvalue weighted by molar-refractivity contribution is 7.90. The molecule has 6 nitrogen and oxygen atoms in total. The smallest absolute Gasteiger partial charge is 0.299 e. The Labute approximate surface area is 170 Å². The molecule has 0 aliphatic heterocycles. The Hall–Kier alpha value is -2.55. The molecule has 0 radical (unpaired) electrons. The molecule has 28 heavy (non-hydrogen) atoms. The van der Waals surface area contributed by atoms with Gasteiger partial charge in [0.2, 0.25) is 0 Å². The fourth-order valence-electron chi connectivity index (χ4n) is 3.12. The first-order valence-electron chi connectivity index (χ1n) is 8.65. The molecule has 0 spiro atoms. The summed E-state index contributed by atoms with van der Waals surface area (Å²) in [5, 5.41) is 5.45. The first kappa shape index (κ1) is 20.2. The normalized spacial score (nSPS) is 11.4. The van der Waals surface area contributed by atoms with E-state index in [0.717, 1.165) is 37.2 Å². The third-order valence-corrected chi connectivity index (χ3v) is 5.98. The van der Waals surface area contributed by atoms with E-state index in [-0.39, 0.29) is 6.54 Å². The van der Waals surface area contributed by atoms with Crippen molar-refractivity contribution in [3.63, 3.8) is 0 Å². The molecule has 0 amide bonds. The Morgan fingerprint density at radius 1 is 1.21 bits per heavy atom. The van der Waals surface area contributed by atoms with Crippen LogP contribution in [-0.2, 0) is 23.8 Å². The summed E-state index contributed by atoms with van der Waals surface area (Å²) in [5.74, 6) is 0. The van der Waals surface area contributed by atoms with Crippen molar-refractivity contribution in [2.24, 2.45) is 12.2 Å². The fourth-order valence-corrected chi connectivity index (χ4v) is 4.27. The molecule has 2 heterocycles. The van der Waals surface area contributed by atoms with Gasteiger partial charge in [-0.25, -0.2) is 5.14 Å². The van der Waals surface area contributed by atoms with Gasteiger partial charge in [-0.05, 0) is 43.2 Å². The van der Waals surface area contributed by atoms with Gasteiger partial charge in [0.05, 0.1) is 29.0 Å². The molecule has 0 atom stereocenters. The molecule has 0 bridgehead atoms. The van der Waals surface area contributed by atoms with Crippen LogP contribution in [0.5, 0.6) is 0 Å². The number of rotatable bonds is 6. The Bertz CT molecular complexity index is 1110. The minimum atomic E-state index is -3.97. The van der Waals surface area contributed by atoms with Crippen LogP contribution >= 0.6 is 12.2 Å². The van der Waals surface area contributed by atoms with Gasteiger partial charge in [-0.15, -0.1) is 0 Å². The Morgan fingerprint density at radius 2 is 1.89 bits per heavy atom. The summed E-state index contributed by atoms with van der Waals surface area (Å²) < 4.78 is 27.4. The van der Waals surface area contributed by atoms with Crippen LogP contribution in [0.4, 0.5) is 5.69 Å². The van der Waals surface area contributed by atoms with E-state index >= 15 is 0 Å². The van der Waals surface area contributed by atoms with Crippen molar-refractivity contribution in [1.29, 1.82) is 0 Å². The third kappa shape index (κ3) is 4.14. The number of pyridine rings is 1. The van der Waals surface area contributed by atoms with E-state index in [1.807, 2.05) is 55.8 Å². The van der Waals surface area contributed by atoms with Gasteiger partial charge in [0.25, 0.3) is 10.2 Å². The second-order valence-electron chi connectivity index (χ2n) is 6.68. The standard InChI is InChI=1S/C20H22N4O2S2/c1-14-6-8-16(9-7-14)20(27)19-15(2)11-18(23(19)3)13-24(28(21,25)26)17-5-4-10-22-12-17/h4-12H,13H2,1-3H3,(H2,21,25,26). The summed E-state index contributed by atoms with van der Waals surface area (Å²) in [6.45, 7) is 4.07. The number of anilines is 1. The van der Waals surface area contributed by atoms with Crippen molar-refractivity contribution < 1.29 is 8.42 Å². The SMILES string of the molecule is Cc1ccc(C(=S)c2c(C)cc(CN(c3cccnc3)S(N)(=O)=O)n2C)cc1. The van der Waals surface area contributed by atoms with Gasteiger partial charge in [-0.3, -0.25) is 9.29 Å². The Balaban J connectivity index is 1.99. The number of thiocarbonyl (C=S) groups is 1. The molecule has 0 unspecified atom stereocenters. The molecular formula is C20H22N4O2S2. The summed E-state index contributed by atoms with van der Waals surface area (Å²) in [6.07, 6.45) is 3.05. The number of aryl methyl sites for hydroxylation is 2. The topological polar surface area (TPSA) is 81.2 Å². The average Bonchev–Trinajstić information content (AvgIpc) is 2.93. The number of hydrogen-bond donors (Lipinski definition) is 1. The number of hydrogen-bond acceptors (Lipinski definition) is 4. The summed E-state index contributed by atoms with van der Waals surface area (Å²) in [6, 6.07) is 13.3. The van der Waals surface area contributed by atoms with Gasteiger partial charge in [-0.2, -0.15) is 8.42 Å². The lowest BCUT2D eigenvalue weighted by atomic mass is 10.1. The van der Waals surface area contributed by atoms with Crippen LogP contribution < -0.4 is 9.44 Å².